The van der Waals surface area contributed by atoms with Gasteiger partial charge in [0, 0.05) is 18.6 Å². The third-order valence-electron chi connectivity index (χ3n) is 4.69. The second-order valence-electron chi connectivity index (χ2n) is 7.01. The minimum Gasteiger partial charge on any atom is -0.283 e. The van der Waals surface area contributed by atoms with Crippen LogP contribution in [0.3, 0.4) is 0 Å². The van der Waals surface area contributed by atoms with Crippen LogP contribution >= 0.6 is 11.3 Å². The number of fused-ring (bicyclic) bond motifs is 1. The first-order valence-electron chi connectivity index (χ1n) is 9.34. The molecule has 31 heavy (non-hydrogen) atoms. The zero-order valence-electron chi connectivity index (χ0n) is 16.5. The van der Waals surface area contributed by atoms with Crippen molar-refractivity contribution in [2.24, 2.45) is 0 Å². The summed E-state index contributed by atoms with van der Waals surface area (Å²) in [4.78, 5) is 23.3. The molecular formula is C22H18FN3O3S2. The molecule has 9 heteroatoms. The van der Waals surface area contributed by atoms with E-state index in [9.17, 15) is 17.6 Å². The molecule has 158 valence electrons. The molecular weight excluding hydrogens is 437 g/mol. The summed E-state index contributed by atoms with van der Waals surface area (Å²) < 4.78 is 38.1. The highest BCUT2D eigenvalue weighted by atomic mass is 32.2. The fourth-order valence-electron chi connectivity index (χ4n) is 3.08. The van der Waals surface area contributed by atoms with Crippen LogP contribution in [0.25, 0.3) is 10.2 Å². The average Bonchev–Trinajstić information content (AvgIpc) is 3.18. The second-order valence-corrected chi connectivity index (χ2v) is 10.0. The van der Waals surface area contributed by atoms with Gasteiger partial charge in [0.1, 0.15) is 11.3 Å². The predicted octanol–water partition coefficient (Wildman–Crippen LogP) is 4.01. The topological polar surface area (TPSA) is 80.2 Å². The van der Waals surface area contributed by atoms with Crippen LogP contribution in [0, 0.1) is 5.82 Å². The number of nitrogens with zero attached hydrogens (tertiary/aromatic N) is 3. The number of rotatable bonds is 6. The maximum absolute atomic E-state index is 14.2. The molecule has 0 saturated carbocycles. The molecule has 0 aliphatic carbocycles. The average molecular weight is 456 g/mol. The van der Waals surface area contributed by atoms with E-state index in [2.05, 4.69) is 9.97 Å². The molecule has 0 fully saturated rings. The Morgan fingerprint density at radius 1 is 1.03 bits per heavy atom. The van der Waals surface area contributed by atoms with Crippen molar-refractivity contribution in [3.8, 4) is 0 Å². The number of para-hydroxylation sites is 1. The Bertz CT molecular complexity index is 1340. The number of benzene rings is 2. The number of pyridine rings is 1. The van der Waals surface area contributed by atoms with E-state index >= 15 is 0 Å². The van der Waals surface area contributed by atoms with Gasteiger partial charge in [-0.25, -0.2) is 17.8 Å². The van der Waals surface area contributed by atoms with E-state index in [1.54, 1.807) is 48.8 Å². The van der Waals surface area contributed by atoms with E-state index in [4.69, 9.17) is 0 Å². The number of carbonyl (C=O) groups is 1. The Morgan fingerprint density at radius 3 is 2.39 bits per heavy atom. The number of carbonyl (C=O) groups excluding carboxylic acids is 1. The Labute approximate surface area is 182 Å². The molecule has 2 aromatic carbocycles. The Balaban J connectivity index is 1.66. The second kappa shape index (κ2) is 8.52. The maximum Gasteiger partial charge on any atom is 0.233 e. The zero-order chi connectivity index (χ0) is 22.0. The molecule has 0 atom stereocenters. The molecule has 0 aliphatic heterocycles. The first-order chi connectivity index (χ1) is 14.8. The minimum absolute atomic E-state index is 0.0491. The van der Waals surface area contributed by atoms with Crippen LogP contribution in [-0.2, 0) is 27.6 Å². The number of anilines is 1. The van der Waals surface area contributed by atoms with Gasteiger partial charge in [-0.3, -0.25) is 14.7 Å². The molecule has 0 radical (unpaired) electrons. The molecule has 0 saturated heterocycles. The summed E-state index contributed by atoms with van der Waals surface area (Å²) >= 11 is 1.24. The molecule has 0 unspecified atom stereocenters. The SMILES string of the molecule is CS(=O)(=O)c1ccc(CC(=O)N(Cc2ccncc2)c2nc3c(F)cccc3s2)cc1. The smallest absolute Gasteiger partial charge is 0.233 e. The van der Waals surface area contributed by atoms with Gasteiger partial charge in [-0.1, -0.05) is 29.5 Å². The molecule has 2 aromatic heterocycles. The van der Waals surface area contributed by atoms with Gasteiger partial charge in [0.2, 0.25) is 5.91 Å². The van der Waals surface area contributed by atoms with Crippen LogP contribution in [0.1, 0.15) is 11.1 Å². The molecule has 6 nitrogen and oxygen atoms in total. The molecule has 0 aliphatic rings. The van der Waals surface area contributed by atoms with Crippen molar-refractivity contribution in [3.05, 3.63) is 83.9 Å². The number of halogens is 1. The number of amides is 1. The lowest BCUT2D eigenvalue weighted by molar-refractivity contribution is -0.118. The number of hydrogen-bond acceptors (Lipinski definition) is 6. The van der Waals surface area contributed by atoms with Gasteiger partial charge in [0.05, 0.1) is 22.6 Å². The quantitative estimate of drug-likeness (QED) is 0.439. The third kappa shape index (κ3) is 4.78. The summed E-state index contributed by atoms with van der Waals surface area (Å²) in [7, 11) is -3.31. The number of thiazole rings is 1. The monoisotopic (exact) mass is 455 g/mol. The standard InChI is InChI=1S/C22H18FN3O3S2/c1-31(28,29)17-7-5-15(6-8-17)13-20(27)26(14-16-9-11-24-12-10-16)22-25-21-18(23)3-2-4-19(21)30-22/h2-12H,13-14H2,1H3. The molecule has 1 amide bonds. The summed E-state index contributed by atoms with van der Waals surface area (Å²) in [6, 6.07) is 14.5. The van der Waals surface area contributed by atoms with Crippen LogP contribution in [0.5, 0.6) is 0 Å². The van der Waals surface area contributed by atoms with Crippen molar-refractivity contribution in [3.63, 3.8) is 0 Å². The molecule has 0 N–H and O–H groups in total. The van der Waals surface area contributed by atoms with Gasteiger partial charge in [0.25, 0.3) is 0 Å². The fraction of sp³-hybridized carbons (Fsp3) is 0.136. The van der Waals surface area contributed by atoms with Gasteiger partial charge in [-0.15, -0.1) is 0 Å². The van der Waals surface area contributed by atoms with Crippen molar-refractivity contribution >= 4 is 42.4 Å². The summed E-state index contributed by atoms with van der Waals surface area (Å²) in [6.45, 7) is 0.254. The molecule has 2 heterocycles. The van der Waals surface area contributed by atoms with Gasteiger partial charge >= 0.3 is 0 Å². The third-order valence-corrected chi connectivity index (χ3v) is 6.86. The number of aromatic nitrogens is 2. The van der Waals surface area contributed by atoms with Crippen LogP contribution in [0.4, 0.5) is 9.52 Å². The van der Waals surface area contributed by atoms with Gasteiger partial charge < -0.3 is 0 Å². The van der Waals surface area contributed by atoms with E-state index in [1.165, 1.54) is 34.4 Å². The van der Waals surface area contributed by atoms with E-state index in [0.717, 1.165) is 11.8 Å². The first-order valence-corrected chi connectivity index (χ1v) is 12.1. The normalized spacial score (nSPS) is 11.5. The number of sulfone groups is 1. The van der Waals surface area contributed by atoms with E-state index in [-0.39, 0.29) is 29.3 Å². The Hall–Kier alpha value is -3.17. The molecule has 4 aromatic rings. The Morgan fingerprint density at radius 2 is 1.74 bits per heavy atom. The minimum atomic E-state index is -3.31. The predicted molar refractivity (Wildman–Crippen MR) is 118 cm³/mol. The molecule has 0 bridgehead atoms. The zero-order valence-corrected chi connectivity index (χ0v) is 18.2. The van der Waals surface area contributed by atoms with Gasteiger partial charge in [-0.05, 0) is 47.5 Å². The summed E-state index contributed by atoms with van der Waals surface area (Å²) in [5.74, 6) is -0.670. The summed E-state index contributed by atoms with van der Waals surface area (Å²) in [6.07, 6.45) is 4.46. The summed E-state index contributed by atoms with van der Waals surface area (Å²) in [5, 5.41) is 0.398. The highest BCUT2D eigenvalue weighted by Crippen LogP contribution is 2.31. The van der Waals surface area contributed by atoms with Crippen molar-refractivity contribution in [2.45, 2.75) is 17.9 Å². The highest BCUT2D eigenvalue weighted by molar-refractivity contribution is 7.90. The van der Waals surface area contributed by atoms with Gasteiger partial charge in [-0.2, -0.15) is 0 Å². The Kier molecular flexibility index (Phi) is 5.79. The van der Waals surface area contributed by atoms with Gasteiger partial charge in [0.15, 0.2) is 15.0 Å². The van der Waals surface area contributed by atoms with Crippen LogP contribution in [0.15, 0.2) is 71.9 Å². The largest absolute Gasteiger partial charge is 0.283 e. The summed E-state index contributed by atoms with van der Waals surface area (Å²) in [5.41, 5.74) is 1.76. The fourth-order valence-corrected chi connectivity index (χ4v) is 4.70. The van der Waals surface area contributed by atoms with Crippen LogP contribution < -0.4 is 4.90 Å². The van der Waals surface area contributed by atoms with E-state index in [0.29, 0.717) is 15.4 Å². The van der Waals surface area contributed by atoms with E-state index in [1.807, 2.05) is 0 Å². The lowest BCUT2D eigenvalue weighted by Gasteiger charge is -2.20. The lowest BCUT2D eigenvalue weighted by Crippen LogP contribution is -2.31. The maximum atomic E-state index is 14.2. The lowest BCUT2D eigenvalue weighted by atomic mass is 10.1. The number of hydrogen-bond donors (Lipinski definition) is 0. The molecule has 0 spiro atoms. The van der Waals surface area contributed by atoms with Crippen LogP contribution in [-0.4, -0.2) is 30.5 Å². The van der Waals surface area contributed by atoms with Crippen molar-refractivity contribution < 1.29 is 17.6 Å². The van der Waals surface area contributed by atoms with Crippen LogP contribution in [0.2, 0.25) is 0 Å². The van der Waals surface area contributed by atoms with E-state index < -0.39 is 15.7 Å². The van der Waals surface area contributed by atoms with Crippen molar-refractivity contribution in [2.75, 3.05) is 11.2 Å². The highest BCUT2D eigenvalue weighted by Gasteiger charge is 2.22. The first kappa shape index (κ1) is 21.1. The molecule has 4 rings (SSSR count). The van der Waals surface area contributed by atoms with Crippen molar-refractivity contribution in [1.82, 2.24) is 9.97 Å². The van der Waals surface area contributed by atoms with Crippen molar-refractivity contribution in [1.29, 1.82) is 0 Å².